The van der Waals surface area contributed by atoms with Gasteiger partial charge in [0.2, 0.25) is 0 Å². The second-order valence-corrected chi connectivity index (χ2v) is 6.30. The lowest BCUT2D eigenvalue weighted by molar-refractivity contribution is 0.354. The number of benzene rings is 1. The van der Waals surface area contributed by atoms with Crippen LogP contribution in [0.5, 0.6) is 11.5 Å². The van der Waals surface area contributed by atoms with E-state index in [-0.39, 0.29) is 0 Å². The van der Waals surface area contributed by atoms with E-state index in [0.29, 0.717) is 6.04 Å². The summed E-state index contributed by atoms with van der Waals surface area (Å²) >= 11 is 1.85. The van der Waals surface area contributed by atoms with E-state index in [2.05, 4.69) is 24.4 Å². The van der Waals surface area contributed by atoms with Crippen molar-refractivity contribution in [2.75, 3.05) is 26.5 Å². The lowest BCUT2D eigenvalue weighted by atomic mass is 9.97. The molecule has 112 valence electrons. The van der Waals surface area contributed by atoms with Crippen LogP contribution in [0.1, 0.15) is 31.7 Å². The molecule has 1 saturated heterocycles. The van der Waals surface area contributed by atoms with Gasteiger partial charge in [-0.2, -0.15) is 0 Å². The van der Waals surface area contributed by atoms with Crippen molar-refractivity contribution in [3.05, 3.63) is 17.7 Å². The summed E-state index contributed by atoms with van der Waals surface area (Å²) in [5, 5.41) is 3.44. The molecule has 2 rings (SSSR count). The Morgan fingerprint density at radius 1 is 1.25 bits per heavy atom. The Morgan fingerprint density at radius 2 is 2.00 bits per heavy atom. The normalized spacial score (nSPS) is 17.6. The van der Waals surface area contributed by atoms with Crippen molar-refractivity contribution >= 4 is 11.8 Å². The first-order chi connectivity index (χ1) is 9.78. The molecule has 0 aliphatic carbocycles. The third-order valence-electron chi connectivity index (χ3n) is 3.71. The van der Waals surface area contributed by atoms with Gasteiger partial charge in [0.15, 0.2) is 0 Å². The molecule has 1 fully saturated rings. The molecule has 1 heterocycles. The van der Waals surface area contributed by atoms with Crippen LogP contribution in [0.4, 0.5) is 0 Å². The van der Waals surface area contributed by atoms with Gasteiger partial charge in [0, 0.05) is 6.04 Å². The van der Waals surface area contributed by atoms with Crippen LogP contribution in [0.3, 0.4) is 0 Å². The zero-order chi connectivity index (χ0) is 14.4. The second-order valence-electron chi connectivity index (χ2n) is 5.16. The van der Waals surface area contributed by atoms with Gasteiger partial charge in [-0.3, -0.25) is 0 Å². The summed E-state index contributed by atoms with van der Waals surface area (Å²) in [7, 11) is 3.50. The van der Waals surface area contributed by atoms with Gasteiger partial charge < -0.3 is 14.8 Å². The number of ether oxygens (including phenoxy) is 2. The van der Waals surface area contributed by atoms with E-state index in [1.54, 1.807) is 14.2 Å². The van der Waals surface area contributed by atoms with Crippen molar-refractivity contribution in [2.24, 2.45) is 0 Å². The SMILES string of the molecule is CCCCSc1cc(OC)c(CC2CCN2)cc1OC. The standard InChI is InChI=1S/C16H25NO2S/c1-4-5-8-20-16-11-14(18-2)12(10-15(16)19-3)9-13-6-7-17-13/h10-11,13,17H,4-9H2,1-3H3. The Labute approximate surface area is 126 Å². The summed E-state index contributed by atoms with van der Waals surface area (Å²) in [6.45, 7) is 3.35. The molecule has 1 aliphatic rings. The molecule has 0 bridgehead atoms. The highest BCUT2D eigenvalue weighted by atomic mass is 32.2. The molecule has 1 aliphatic heterocycles. The van der Waals surface area contributed by atoms with Gasteiger partial charge in [-0.1, -0.05) is 13.3 Å². The number of hydrogen-bond acceptors (Lipinski definition) is 4. The Kier molecular flexibility index (Phi) is 6.05. The lowest BCUT2D eigenvalue weighted by Crippen LogP contribution is -2.44. The van der Waals surface area contributed by atoms with E-state index in [1.165, 1.54) is 29.7 Å². The highest BCUT2D eigenvalue weighted by Crippen LogP contribution is 2.37. The van der Waals surface area contributed by atoms with E-state index in [9.17, 15) is 0 Å². The van der Waals surface area contributed by atoms with Crippen molar-refractivity contribution in [2.45, 2.75) is 43.5 Å². The molecule has 1 unspecified atom stereocenters. The van der Waals surface area contributed by atoms with Crippen LogP contribution in [0, 0.1) is 0 Å². The molecule has 4 heteroatoms. The van der Waals surface area contributed by atoms with E-state index >= 15 is 0 Å². The van der Waals surface area contributed by atoms with Gasteiger partial charge in [-0.25, -0.2) is 0 Å². The minimum absolute atomic E-state index is 0.590. The number of unbranched alkanes of at least 4 members (excludes halogenated alkanes) is 1. The quantitative estimate of drug-likeness (QED) is 0.587. The first kappa shape index (κ1) is 15.5. The molecular formula is C16H25NO2S. The van der Waals surface area contributed by atoms with Crippen LogP contribution in [0.25, 0.3) is 0 Å². The zero-order valence-corrected chi connectivity index (χ0v) is 13.5. The largest absolute Gasteiger partial charge is 0.496 e. The summed E-state index contributed by atoms with van der Waals surface area (Å²) < 4.78 is 11.1. The van der Waals surface area contributed by atoms with Crippen LogP contribution < -0.4 is 14.8 Å². The van der Waals surface area contributed by atoms with Crippen molar-refractivity contribution in [1.82, 2.24) is 5.32 Å². The minimum atomic E-state index is 0.590. The molecule has 0 aromatic heterocycles. The van der Waals surface area contributed by atoms with Gasteiger partial charge in [-0.15, -0.1) is 11.8 Å². The predicted octanol–water partition coefficient (Wildman–Crippen LogP) is 3.50. The van der Waals surface area contributed by atoms with E-state index in [0.717, 1.165) is 30.2 Å². The van der Waals surface area contributed by atoms with Crippen LogP contribution in [-0.4, -0.2) is 32.6 Å². The van der Waals surface area contributed by atoms with Gasteiger partial charge in [0.05, 0.1) is 19.1 Å². The molecule has 20 heavy (non-hydrogen) atoms. The Bertz CT molecular complexity index is 433. The number of rotatable bonds is 8. The van der Waals surface area contributed by atoms with Crippen molar-refractivity contribution in [3.63, 3.8) is 0 Å². The fourth-order valence-corrected chi connectivity index (χ4v) is 3.45. The number of methoxy groups -OCH3 is 2. The number of nitrogens with one attached hydrogen (secondary N) is 1. The molecule has 0 spiro atoms. The summed E-state index contributed by atoms with van der Waals surface area (Å²) in [5.74, 6) is 3.08. The molecule has 1 N–H and O–H groups in total. The lowest BCUT2D eigenvalue weighted by Gasteiger charge is -2.28. The monoisotopic (exact) mass is 295 g/mol. The highest BCUT2D eigenvalue weighted by molar-refractivity contribution is 7.99. The predicted molar refractivity (Wildman–Crippen MR) is 85.3 cm³/mol. The van der Waals surface area contributed by atoms with Gasteiger partial charge in [0.25, 0.3) is 0 Å². The van der Waals surface area contributed by atoms with Crippen LogP contribution >= 0.6 is 11.8 Å². The maximum absolute atomic E-state index is 5.56. The number of thioether (sulfide) groups is 1. The first-order valence-corrected chi connectivity index (χ1v) is 8.38. The highest BCUT2D eigenvalue weighted by Gasteiger charge is 2.20. The fraction of sp³-hybridized carbons (Fsp3) is 0.625. The van der Waals surface area contributed by atoms with Gasteiger partial charge in [0.1, 0.15) is 11.5 Å². The summed E-state index contributed by atoms with van der Waals surface area (Å²) in [5.41, 5.74) is 1.24. The van der Waals surface area contributed by atoms with Crippen molar-refractivity contribution in [1.29, 1.82) is 0 Å². The number of hydrogen-bond donors (Lipinski definition) is 1. The Balaban J connectivity index is 2.15. The average molecular weight is 295 g/mol. The Hall–Kier alpha value is -0.870. The second kappa shape index (κ2) is 7.79. The zero-order valence-electron chi connectivity index (χ0n) is 12.7. The molecule has 0 amide bonds. The van der Waals surface area contributed by atoms with Crippen LogP contribution in [0.2, 0.25) is 0 Å². The smallest absolute Gasteiger partial charge is 0.132 e. The van der Waals surface area contributed by atoms with E-state index in [4.69, 9.17) is 9.47 Å². The molecule has 0 radical (unpaired) electrons. The molecule has 1 aromatic carbocycles. The molecule has 1 aromatic rings. The van der Waals surface area contributed by atoms with E-state index < -0.39 is 0 Å². The van der Waals surface area contributed by atoms with Gasteiger partial charge in [-0.05, 0) is 49.3 Å². The Morgan fingerprint density at radius 3 is 2.55 bits per heavy atom. The third-order valence-corrected chi connectivity index (χ3v) is 4.84. The average Bonchev–Trinajstić information content (AvgIpc) is 2.43. The van der Waals surface area contributed by atoms with Crippen molar-refractivity contribution < 1.29 is 9.47 Å². The summed E-state index contributed by atoms with van der Waals surface area (Å²) in [4.78, 5) is 1.18. The molecular weight excluding hydrogens is 270 g/mol. The van der Waals surface area contributed by atoms with Gasteiger partial charge >= 0.3 is 0 Å². The minimum Gasteiger partial charge on any atom is -0.496 e. The summed E-state index contributed by atoms with van der Waals surface area (Å²) in [6, 6.07) is 4.87. The van der Waals surface area contributed by atoms with Crippen molar-refractivity contribution in [3.8, 4) is 11.5 Å². The van der Waals surface area contributed by atoms with Crippen LogP contribution in [0.15, 0.2) is 17.0 Å². The summed E-state index contributed by atoms with van der Waals surface area (Å²) in [6.07, 6.45) is 4.71. The first-order valence-electron chi connectivity index (χ1n) is 7.39. The maximum atomic E-state index is 5.56. The van der Waals surface area contributed by atoms with Crippen LogP contribution in [-0.2, 0) is 6.42 Å². The fourth-order valence-electron chi connectivity index (χ4n) is 2.32. The maximum Gasteiger partial charge on any atom is 0.132 e. The third kappa shape index (κ3) is 3.83. The topological polar surface area (TPSA) is 30.5 Å². The molecule has 0 saturated carbocycles. The molecule has 1 atom stereocenters. The van der Waals surface area contributed by atoms with E-state index in [1.807, 2.05) is 11.8 Å². The molecule has 3 nitrogen and oxygen atoms in total.